The van der Waals surface area contributed by atoms with Gasteiger partial charge in [-0.1, -0.05) is 12.8 Å². The Morgan fingerprint density at radius 2 is 1.76 bits per heavy atom. The van der Waals surface area contributed by atoms with Crippen LogP contribution >= 0.6 is 0 Å². The molecule has 1 aromatic rings. The highest BCUT2D eigenvalue weighted by Gasteiger charge is 2.44. The van der Waals surface area contributed by atoms with E-state index in [0.29, 0.717) is 37.6 Å². The zero-order valence-corrected chi connectivity index (χ0v) is 14.7. The van der Waals surface area contributed by atoms with Gasteiger partial charge in [-0.3, -0.25) is 9.59 Å². The topological polar surface area (TPSA) is 81.9 Å². The maximum absolute atomic E-state index is 12.4. The molecule has 2 aliphatic rings. The molecule has 6 nitrogen and oxygen atoms in total. The summed E-state index contributed by atoms with van der Waals surface area (Å²) in [5.41, 5.74) is 5.26. The molecule has 2 N–H and O–H groups in total. The molecule has 1 aliphatic carbocycles. The highest BCUT2D eigenvalue weighted by atomic mass is 16.5. The van der Waals surface area contributed by atoms with Crippen LogP contribution in [0.15, 0.2) is 24.3 Å². The highest BCUT2D eigenvalue weighted by Crippen LogP contribution is 2.45. The van der Waals surface area contributed by atoms with Gasteiger partial charge in [-0.15, -0.1) is 0 Å². The summed E-state index contributed by atoms with van der Waals surface area (Å²) >= 11 is 0. The van der Waals surface area contributed by atoms with Crippen molar-refractivity contribution in [1.82, 2.24) is 4.90 Å². The third kappa shape index (κ3) is 4.24. The molecule has 0 aromatic heterocycles. The van der Waals surface area contributed by atoms with Crippen molar-refractivity contribution in [3.63, 3.8) is 0 Å². The second-order valence-electron chi connectivity index (χ2n) is 7.14. The lowest BCUT2D eigenvalue weighted by molar-refractivity contribution is -0.140. The quantitative estimate of drug-likeness (QED) is 0.818. The predicted octanol–water partition coefficient (Wildman–Crippen LogP) is 1.97. The first-order valence-electron chi connectivity index (χ1n) is 8.87. The molecule has 136 valence electrons. The van der Waals surface area contributed by atoms with Gasteiger partial charge in [0.05, 0.1) is 12.5 Å². The minimum atomic E-state index is -0.422. The largest absolute Gasteiger partial charge is 0.497 e. The second kappa shape index (κ2) is 7.33. The number of rotatable bonds is 7. The van der Waals surface area contributed by atoms with E-state index in [1.54, 1.807) is 36.3 Å². The molecule has 25 heavy (non-hydrogen) atoms. The first kappa shape index (κ1) is 17.6. The van der Waals surface area contributed by atoms with Gasteiger partial charge in [-0.25, -0.2) is 0 Å². The van der Waals surface area contributed by atoms with Crippen molar-refractivity contribution >= 4 is 11.8 Å². The van der Waals surface area contributed by atoms with Gasteiger partial charge in [0, 0.05) is 13.1 Å². The third-order valence-corrected chi connectivity index (χ3v) is 5.39. The Balaban J connectivity index is 1.49. The van der Waals surface area contributed by atoms with E-state index >= 15 is 0 Å². The number of hydrogen-bond donors (Lipinski definition) is 1. The third-order valence-electron chi connectivity index (χ3n) is 5.39. The number of nitrogens with zero attached hydrogens (tertiary/aromatic N) is 1. The molecule has 0 unspecified atom stereocenters. The second-order valence-corrected chi connectivity index (χ2v) is 7.14. The Hall–Kier alpha value is -2.24. The summed E-state index contributed by atoms with van der Waals surface area (Å²) in [6.07, 6.45) is 4.60. The number of hydrogen-bond acceptors (Lipinski definition) is 4. The predicted molar refractivity (Wildman–Crippen MR) is 93.3 cm³/mol. The summed E-state index contributed by atoms with van der Waals surface area (Å²) in [6.45, 7) is 1.14. The lowest BCUT2D eigenvalue weighted by Gasteiger charge is -2.39. The number of nitrogens with two attached hydrogens (primary N) is 1. The molecule has 1 saturated heterocycles. The molecule has 2 fully saturated rings. The van der Waals surface area contributed by atoms with Crippen LogP contribution in [0.4, 0.5) is 0 Å². The molecule has 0 radical (unpaired) electrons. The SMILES string of the molecule is COc1ccc(OCC(=O)N2CCC(CC3CC3)(C(N)=O)CC2)cc1. The molecule has 3 rings (SSSR count). The van der Waals surface area contributed by atoms with Crippen molar-refractivity contribution in [3.05, 3.63) is 24.3 Å². The van der Waals surface area contributed by atoms with E-state index in [-0.39, 0.29) is 18.4 Å². The van der Waals surface area contributed by atoms with Gasteiger partial charge in [0.25, 0.3) is 5.91 Å². The Kier molecular flexibility index (Phi) is 5.16. The van der Waals surface area contributed by atoms with E-state index in [4.69, 9.17) is 15.2 Å². The number of benzene rings is 1. The van der Waals surface area contributed by atoms with E-state index in [0.717, 1.165) is 12.2 Å². The van der Waals surface area contributed by atoms with Crippen molar-refractivity contribution in [2.45, 2.75) is 32.1 Å². The Labute approximate surface area is 148 Å². The number of primary amides is 1. The Morgan fingerprint density at radius 1 is 1.16 bits per heavy atom. The van der Waals surface area contributed by atoms with Crippen molar-refractivity contribution < 1.29 is 19.1 Å². The monoisotopic (exact) mass is 346 g/mol. The number of likely N-dealkylation sites (tertiary alicyclic amines) is 1. The van der Waals surface area contributed by atoms with Crippen molar-refractivity contribution in [2.75, 3.05) is 26.8 Å². The molecule has 0 bridgehead atoms. The number of ether oxygens (including phenoxy) is 2. The van der Waals surface area contributed by atoms with Gasteiger partial charge < -0.3 is 20.1 Å². The zero-order valence-electron chi connectivity index (χ0n) is 14.7. The van der Waals surface area contributed by atoms with Crippen LogP contribution in [0.3, 0.4) is 0 Å². The summed E-state index contributed by atoms with van der Waals surface area (Å²) in [5.74, 6) is 1.76. The van der Waals surface area contributed by atoms with Crippen LogP contribution in [0.1, 0.15) is 32.1 Å². The number of methoxy groups -OCH3 is 1. The fourth-order valence-electron chi connectivity index (χ4n) is 3.52. The minimum Gasteiger partial charge on any atom is -0.497 e. The first-order valence-corrected chi connectivity index (χ1v) is 8.87. The molecule has 0 atom stereocenters. The van der Waals surface area contributed by atoms with Gasteiger partial charge >= 0.3 is 0 Å². The zero-order chi connectivity index (χ0) is 17.9. The standard InChI is InChI=1S/C19H26N2O4/c1-24-15-4-6-16(7-5-15)25-13-17(22)21-10-8-19(9-11-21,18(20)23)12-14-2-3-14/h4-7,14H,2-3,8-13H2,1H3,(H2,20,23). The fourth-order valence-corrected chi connectivity index (χ4v) is 3.52. The van der Waals surface area contributed by atoms with Crippen LogP contribution in [-0.2, 0) is 9.59 Å². The fraction of sp³-hybridized carbons (Fsp3) is 0.579. The molecule has 0 spiro atoms. The smallest absolute Gasteiger partial charge is 0.260 e. The van der Waals surface area contributed by atoms with Gasteiger partial charge in [-0.05, 0) is 49.4 Å². The summed E-state index contributed by atoms with van der Waals surface area (Å²) in [4.78, 5) is 26.1. The maximum Gasteiger partial charge on any atom is 0.260 e. The lowest BCUT2D eigenvalue weighted by atomic mass is 9.73. The van der Waals surface area contributed by atoms with Gasteiger partial charge in [0.1, 0.15) is 11.5 Å². The van der Waals surface area contributed by atoms with Crippen LogP contribution < -0.4 is 15.2 Å². The van der Waals surface area contributed by atoms with E-state index in [9.17, 15) is 9.59 Å². The number of carbonyl (C=O) groups excluding carboxylic acids is 2. The molecular formula is C19H26N2O4. The molecule has 1 saturated carbocycles. The van der Waals surface area contributed by atoms with Gasteiger partial charge in [-0.2, -0.15) is 0 Å². The Morgan fingerprint density at radius 3 is 2.28 bits per heavy atom. The molecule has 1 aromatic carbocycles. The highest BCUT2D eigenvalue weighted by molar-refractivity contribution is 5.82. The summed E-state index contributed by atoms with van der Waals surface area (Å²) < 4.78 is 10.6. The minimum absolute atomic E-state index is 0.00146. The van der Waals surface area contributed by atoms with Gasteiger partial charge in [0.15, 0.2) is 6.61 Å². The average Bonchev–Trinajstić information content (AvgIpc) is 3.44. The summed E-state index contributed by atoms with van der Waals surface area (Å²) in [6, 6.07) is 7.13. The number of amides is 2. The van der Waals surface area contributed by atoms with Crippen molar-refractivity contribution in [3.8, 4) is 11.5 Å². The normalized spacial score (nSPS) is 19.3. The average molecular weight is 346 g/mol. The Bertz CT molecular complexity index is 617. The van der Waals surface area contributed by atoms with E-state index in [1.165, 1.54) is 12.8 Å². The van der Waals surface area contributed by atoms with E-state index < -0.39 is 5.41 Å². The number of carbonyl (C=O) groups is 2. The number of piperidine rings is 1. The molecule has 1 aliphatic heterocycles. The van der Waals surface area contributed by atoms with Crippen LogP contribution in [0.25, 0.3) is 0 Å². The molecule has 1 heterocycles. The maximum atomic E-state index is 12.4. The van der Waals surface area contributed by atoms with Crippen LogP contribution in [-0.4, -0.2) is 43.5 Å². The first-order chi connectivity index (χ1) is 12.0. The van der Waals surface area contributed by atoms with Crippen molar-refractivity contribution in [2.24, 2.45) is 17.1 Å². The van der Waals surface area contributed by atoms with Gasteiger partial charge in [0.2, 0.25) is 5.91 Å². The molecule has 2 amide bonds. The van der Waals surface area contributed by atoms with E-state index in [2.05, 4.69) is 0 Å². The summed E-state index contributed by atoms with van der Waals surface area (Å²) in [7, 11) is 1.60. The van der Waals surface area contributed by atoms with Crippen LogP contribution in [0, 0.1) is 11.3 Å². The van der Waals surface area contributed by atoms with Crippen molar-refractivity contribution in [1.29, 1.82) is 0 Å². The van der Waals surface area contributed by atoms with E-state index in [1.807, 2.05) is 0 Å². The lowest BCUT2D eigenvalue weighted by Crippen LogP contribution is -2.50. The molecule has 6 heteroatoms. The molecular weight excluding hydrogens is 320 g/mol. The summed E-state index contributed by atoms with van der Waals surface area (Å²) in [5, 5.41) is 0. The van der Waals surface area contributed by atoms with Crippen LogP contribution in [0.5, 0.6) is 11.5 Å². The van der Waals surface area contributed by atoms with Crippen LogP contribution in [0.2, 0.25) is 0 Å².